The second-order valence-electron chi connectivity index (χ2n) is 5.42. The van der Waals surface area contributed by atoms with E-state index in [0.717, 1.165) is 25.7 Å². The van der Waals surface area contributed by atoms with Gasteiger partial charge in [0.15, 0.2) is 0 Å². The monoisotopic (exact) mass is 250 g/mol. The van der Waals surface area contributed by atoms with Crippen LogP contribution in [0, 0.1) is 11.8 Å². The highest BCUT2D eigenvalue weighted by Gasteiger charge is 2.26. The molecule has 0 aliphatic heterocycles. The van der Waals surface area contributed by atoms with Crippen LogP contribution in [-0.2, 0) is 9.59 Å². The van der Waals surface area contributed by atoms with Crippen LogP contribution in [0.2, 0.25) is 0 Å². The standard InChI is InChI=1S/C16H26O2/c1-3-14-10-8-6-4-5-7-9-11-15(18)12-16(14)13(2)17/h5,7,14,16H,3-4,6,8-12H2,1-2H3/b7-5+/t14-,16-/m1/s1. The van der Waals surface area contributed by atoms with Gasteiger partial charge in [0.25, 0.3) is 0 Å². The third-order valence-electron chi connectivity index (χ3n) is 4.02. The second-order valence-corrected chi connectivity index (χ2v) is 5.42. The molecule has 0 aromatic rings. The molecule has 0 heterocycles. The van der Waals surface area contributed by atoms with E-state index >= 15 is 0 Å². The molecule has 1 rings (SSSR count). The SMILES string of the molecule is CC[C@@H]1CCCC/C=C/CCC(=O)C[C@@H]1C(C)=O. The molecule has 2 atom stereocenters. The molecule has 0 aromatic heterocycles. The van der Waals surface area contributed by atoms with Crippen molar-refractivity contribution in [2.75, 3.05) is 0 Å². The Morgan fingerprint density at radius 3 is 2.67 bits per heavy atom. The third kappa shape index (κ3) is 5.16. The summed E-state index contributed by atoms with van der Waals surface area (Å²) in [5.41, 5.74) is 0. The molecule has 0 unspecified atom stereocenters. The molecule has 18 heavy (non-hydrogen) atoms. The van der Waals surface area contributed by atoms with Gasteiger partial charge in [-0.15, -0.1) is 0 Å². The Morgan fingerprint density at radius 1 is 1.28 bits per heavy atom. The molecule has 0 radical (unpaired) electrons. The first-order chi connectivity index (χ1) is 8.65. The fraction of sp³-hybridized carbons (Fsp3) is 0.750. The summed E-state index contributed by atoms with van der Waals surface area (Å²) in [4.78, 5) is 23.7. The Balaban J connectivity index is 2.72. The lowest BCUT2D eigenvalue weighted by molar-refractivity contribution is -0.128. The maximum Gasteiger partial charge on any atom is 0.133 e. The Hall–Kier alpha value is -0.920. The number of rotatable bonds is 2. The molecular formula is C16H26O2. The summed E-state index contributed by atoms with van der Waals surface area (Å²) in [5, 5.41) is 0. The van der Waals surface area contributed by atoms with Crippen LogP contribution in [0.25, 0.3) is 0 Å². The largest absolute Gasteiger partial charge is 0.300 e. The summed E-state index contributed by atoms with van der Waals surface area (Å²) in [6.45, 7) is 3.78. The normalized spacial score (nSPS) is 29.1. The van der Waals surface area contributed by atoms with Crippen molar-refractivity contribution in [1.29, 1.82) is 0 Å². The topological polar surface area (TPSA) is 34.1 Å². The van der Waals surface area contributed by atoms with E-state index in [-0.39, 0.29) is 17.5 Å². The first-order valence-electron chi connectivity index (χ1n) is 7.32. The number of carbonyl (C=O) groups excluding carboxylic acids is 2. The minimum absolute atomic E-state index is 0.0362. The Morgan fingerprint density at radius 2 is 2.00 bits per heavy atom. The molecule has 1 aliphatic carbocycles. The van der Waals surface area contributed by atoms with Crippen molar-refractivity contribution in [2.45, 2.75) is 65.2 Å². The van der Waals surface area contributed by atoms with Crippen LogP contribution in [0.5, 0.6) is 0 Å². The van der Waals surface area contributed by atoms with E-state index in [4.69, 9.17) is 0 Å². The molecule has 0 aromatic carbocycles. The van der Waals surface area contributed by atoms with Crippen molar-refractivity contribution in [2.24, 2.45) is 11.8 Å². The van der Waals surface area contributed by atoms with Crippen LogP contribution in [0.15, 0.2) is 12.2 Å². The lowest BCUT2D eigenvalue weighted by Crippen LogP contribution is -2.24. The van der Waals surface area contributed by atoms with Crippen LogP contribution in [0.3, 0.4) is 0 Å². The molecular weight excluding hydrogens is 224 g/mol. The van der Waals surface area contributed by atoms with Gasteiger partial charge in [-0.1, -0.05) is 31.9 Å². The van der Waals surface area contributed by atoms with Crippen LogP contribution in [0.1, 0.15) is 65.2 Å². The molecule has 0 saturated carbocycles. The summed E-state index contributed by atoms with van der Waals surface area (Å²) in [7, 11) is 0. The van der Waals surface area contributed by atoms with Crippen LogP contribution in [0.4, 0.5) is 0 Å². The molecule has 102 valence electrons. The van der Waals surface area contributed by atoms with Crippen molar-refractivity contribution >= 4 is 11.6 Å². The summed E-state index contributed by atoms with van der Waals surface area (Å²) >= 11 is 0. The van der Waals surface area contributed by atoms with Crippen molar-refractivity contribution < 1.29 is 9.59 Å². The molecule has 0 amide bonds. The van der Waals surface area contributed by atoms with E-state index < -0.39 is 0 Å². The number of Topliss-reactive ketones (excluding diaryl/α,β-unsaturated/α-hetero) is 2. The van der Waals surface area contributed by atoms with Gasteiger partial charge in [0.05, 0.1) is 0 Å². The number of hydrogen-bond donors (Lipinski definition) is 0. The molecule has 0 spiro atoms. The van der Waals surface area contributed by atoms with E-state index in [1.807, 2.05) is 0 Å². The predicted molar refractivity (Wildman–Crippen MR) is 74.4 cm³/mol. The molecule has 1 aliphatic rings. The summed E-state index contributed by atoms with van der Waals surface area (Å²) < 4.78 is 0. The number of ketones is 2. The average molecular weight is 250 g/mol. The maximum atomic E-state index is 11.9. The van der Waals surface area contributed by atoms with Gasteiger partial charge in [0.2, 0.25) is 0 Å². The third-order valence-corrected chi connectivity index (χ3v) is 4.02. The molecule has 0 saturated heterocycles. The van der Waals surface area contributed by atoms with Crippen molar-refractivity contribution in [3.63, 3.8) is 0 Å². The molecule has 2 nitrogen and oxygen atoms in total. The number of allylic oxidation sites excluding steroid dienone is 2. The van der Waals surface area contributed by atoms with E-state index in [1.165, 1.54) is 12.8 Å². The van der Waals surface area contributed by atoms with E-state index in [0.29, 0.717) is 18.8 Å². The highest BCUT2D eigenvalue weighted by Crippen LogP contribution is 2.27. The molecule has 0 bridgehead atoms. The zero-order valence-corrected chi connectivity index (χ0v) is 11.8. The van der Waals surface area contributed by atoms with Crippen LogP contribution in [-0.4, -0.2) is 11.6 Å². The van der Waals surface area contributed by atoms with E-state index in [1.54, 1.807) is 6.92 Å². The number of hydrogen-bond acceptors (Lipinski definition) is 2. The van der Waals surface area contributed by atoms with Gasteiger partial charge in [-0.2, -0.15) is 0 Å². The van der Waals surface area contributed by atoms with Gasteiger partial charge in [-0.05, 0) is 38.5 Å². The van der Waals surface area contributed by atoms with Gasteiger partial charge in [0.1, 0.15) is 11.6 Å². The zero-order chi connectivity index (χ0) is 13.4. The quantitative estimate of drug-likeness (QED) is 0.692. The maximum absolute atomic E-state index is 11.9. The van der Waals surface area contributed by atoms with E-state index in [2.05, 4.69) is 19.1 Å². The van der Waals surface area contributed by atoms with E-state index in [9.17, 15) is 9.59 Å². The fourth-order valence-corrected chi connectivity index (χ4v) is 2.83. The first-order valence-corrected chi connectivity index (χ1v) is 7.32. The number of carbonyl (C=O) groups is 2. The van der Waals surface area contributed by atoms with Crippen molar-refractivity contribution in [1.82, 2.24) is 0 Å². The van der Waals surface area contributed by atoms with Gasteiger partial charge in [-0.25, -0.2) is 0 Å². The highest BCUT2D eigenvalue weighted by atomic mass is 16.1. The molecule has 0 N–H and O–H groups in total. The smallest absolute Gasteiger partial charge is 0.133 e. The van der Waals surface area contributed by atoms with Crippen LogP contribution >= 0.6 is 0 Å². The Bertz CT molecular complexity index is 304. The van der Waals surface area contributed by atoms with Gasteiger partial charge in [-0.3, -0.25) is 9.59 Å². The summed E-state index contributed by atoms with van der Waals surface area (Å²) in [6.07, 6.45) is 11.8. The molecule has 2 heteroatoms. The lowest BCUT2D eigenvalue weighted by atomic mass is 9.79. The van der Waals surface area contributed by atoms with Gasteiger partial charge >= 0.3 is 0 Å². The Kier molecular flexibility index (Phi) is 6.92. The summed E-state index contributed by atoms with van der Waals surface area (Å²) in [5.74, 6) is 0.808. The van der Waals surface area contributed by atoms with Crippen molar-refractivity contribution in [3.8, 4) is 0 Å². The minimum Gasteiger partial charge on any atom is -0.300 e. The average Bonchev–Trinajstić information content (AvgIpc) is 2.33. The van der Waals surface area contributed by atoms with Gasteiger partial charge in [0, 0.05) is 18.8 Å². The highest BCUT2D eigenvalue weighted by molar-refractivity contribution is 5.86. The minimum atomic E-state index is -0.0362. The fourth-order valence-electron chi connectivity index (χ4n) is 2.83. The second kappa shape index (κ2) is 8.23. The summed E-state index contributed by atoms with van der Waals surface area (Å²) in [6, 6.07) is 0. The Labute approximate surface area is 111 Å². The zero-order valence-electron chi connectivity index (χ0n) is 11.8. The van der Waals surface area contributed by atoms with Gasteiger partial charge < -0.3 is 0 Å². The predicted octanol–water partition coefficient (Wildman–Crippen LogP) is 4.09. The first kappa shape index (κ1) is 15.1. The molecule has 0 fully saturated rings. The van der Waals surface area contributed by atoms with Crippen molar-refractivity contribution in [3.05, 3.63) is 12.2 Å². The lowest BCUT2D eigenvalue weighted by Gasteiger charge is -2.24. The van der Waals surface area contributed by atoms with Crippen LogP contribution < -0.4 is 0 Å².